The first-order chi connectivity index (χ1) is 16.8. The summed E-state index contributed by atoms with van der Waals surface area (Å²) in [6, 6.07) is 9.68. The van der Waals surface area contributed by atoms with E-state index < -0.39 is 47.2 Å². The minimum atomic E-state index is -1.23. The van der Waals surface area contributed by atoms with Crippen LogP contribution in [0.15, 0.2) is 48.5 Å². The lowest BCUT2D eigenvalue weighted by Crippen LogP contribution is -2.58. The fourth-order valence-electron chi connectivity index (χ4n) is 5.98. The molecular weight excluding hydrogens is 494 g/mol. The lowest BCUT2D eigenvalue weighted by molar-refractivity contribution is -0.157. The molecule has 6 nitrogen and oxygen atoms in total. The van der Waals surface area contributed by atoms with Crippen molar-refractivity contribution in [2.24, 2.45) is 23.7 Å². The van der Waals surface area contributed by atoms with Crippen LogP contribution in [-0.2, 0) is 9.59 Å². The smallest absolute Gasteiger partial charge is 0.273 e. The van der Waals surface area contributed by atoms with Gasteiger partial charge in [-0.1, -0.05) is 11.6 Å². The van der Waals surface area contributed by atoms with Crippen LogP contribution < -0.4 is 0 Å². The molecule has 3 aliphatic rings. The van der Waals surface area contributed by atoms with Crippen molar-refractivity contribution in [3.8, 4) is 0 Å². The van der Waals surface area contributed by atoms with Crippen molar-refractivity contribution in [2.75, 3.05) is 5.88 Å². The maximum atomic E-state index is 13.8. The van der Waals surface area contributed by atoms with Crippen LogP contribution in [0.1, 0.15) is 46.4 Å². The van der Waals surface area contributed by atoms with Gasteiger partial charge in [0, 0.05) is 22.0 Å². The zero-order valence-electron chi connectivity index (χ0n) is 18.7. The molecule has 3 fully saturated rings. The molecule has 3 amide bonds. The summed E-state index contributed by atoms with van der Waals surface area (Å²) < 4.78 is 13.5. The number of hydrogen-bond acceptors (Lipinski definition) is 4. The average molecular weight is 517 g/mol. The third kappa shape index (κ3) is 4.04. The van der Waals surface area contributed by atoms with Crippen molar-refractivity contribution in [3.05, 3.63) is 70.5 Å². The zero-order valence-corrected chi connectivity index (χ0v) is 20.2. The second kappa shape index (κ2) is 9.36. The number of Topliss-reactive ketones (excluding diaryl/α,β-unsaturated/α-hetero) is 1. The first-order valence-corrected chi connectivity index (χ1v) is 12.6. The van der Waals surface area contributed by atoms with Gasteiger partial charge in [0.1, 0.15) is 11.9 Å². The molecule has 5 rings (SSSR count). The number of alkyl halides is 1. The van der Waals surface area contributed by atoms with Crippen LogP contribution in [0.4, 0.5) is 4.39 Å². The van der Waals surface area contributed by atoms with Gasteiger partial charge in [0.05, 0.1) is 11.8 Å². The molecule has 0 radical (unpaired) electrons. The number of nitrogens with zero attached hydrogens (tertiary/aromatic N) is 2. The standard InChI is InChI=1S/C26H23Cl2FN2O4/c27-12-11-20(23(32)14-5-9-19(29)10-6-14)30(24(33)15-3-7-18(28)8-4-15)31-25(34)21-16-1-2-17(13-16)22(21)26(31)35/h3-10,16-17,20-22H,1-2,11-13H2/t16-,17-,20-,21-,22-/m0/s1. The second-order valence-electron chi connectivity index (χ2n) is 9.39. The van der Waals surface area contributed by atoms with Gasteiger partial charge in [0.15, 0.2) is 5.78 Å². The second-order valence-corrected chi connectivity index (χ2v) is 10.2. The van der Waals surface area contributed by atoms with Crippen LogP contribution in [0, 0.1) is 29.5 Å². The molecule has 182 valence electrons. The first-order valence-electron chi connectivity index (χ1n) is 11.6. The van der Waals surface area contributed by atoms with Gasteiger partial charge < -0.3 is 0 Å². The summed E-state index contributed by atoms with van der Waals surface area (Å²) in [7, 11) is 0. The quantitative estimate of drug-likeness (QED) is 0.302. The van der Waals surface area contributed by atoms with Gasteiger partial charge >= 0.3 is 0 Å². The number of carbonyl (C=O) groups excluding carboxylic acids is 4. The Morgan fingerprint density at radius 2 is 1.49 bits per heavy atom. The van der Waals surface area contributed by atoms with E-state index in [2.05, 4.69) is 0 Å². The number of benzene rings is 2. The monoisotopic (exact) mass is 516 g/mol. The van der Waals surface area contributed by atoms with Gasteiger partial charge in [0.25, 0.3) is 17.7 Å². The van der Waals surface area contributed by atoms with Crippen molar-refractivity contribution in [1.82, 2.24) is 10.0 Å². The molecular formula is C26H23Cl2FN2O4. The Kier molecular flexibility index (Phi) is 6.40. The number of imide groups is 1. The fourth-order valence-corrected chi connectivity index (χ4v) is 6.31. The van der Waals surface area contributed by atoms with E-state index in [1.54, 1.807) is 0 Å². The number of hydrazine groups is 1. The Bertz CT molecular complexity index is 1160. The van der Waals surface area contributed by atoms with E-state index in [0.29, 0.717) is 5.02 Å². The summed E-state index contributed by atoms with van der Waals surface area (Å²) in [5.74, 6) is -3.35. The Hall–Kier alpha value is -2.77. The molecule has 1 heterocycles. The number of halogens is 3. The molecule has 2 aromatic rings. The molecule has 0 unspecified atom stereocenters. The maximum Gasteiger partial charge on any atom is 0.273 e. The maximum absolute atomic E-state index is 13.8. The number of hydrogen-bond donors (Lipinski definition) is 0. The highest BCUT2D eigenvalue weighted by Crippen LogP contribution is 2.56. The molecule has 0 aromatic heterocycles. The summed E-state index contributed by atoms with van der Waals surface area (Å²) in [6.45, 7) is 0. The minimum Gasteiger partial charge on any atom is -0.292 e. The van der Waals surface area contributed by atoms with Crippen molar-refractivity contribution in [3.63, 3.8) is 0 Å². The molecule has 0 N–H and O–H groups in total. The Morgan fingerprint density at radius 1 is 0.943 bits per heavy atom. The van der Waals surface area contributed by atoms with Crippen LogP contribution in [0.25, 0.3) is 0 Å². The lowest BCUT2D eigenvalue weighted by Gasteiger charge is -2.36. The molecule has 0 spiro atoms. The Morgan fingerprint density at radius 3 is 2.03 bits per heavy atom. The third-order valence-corrected chi connectivity index (χ3v) is 8.00. The van der Waals surface area contributed by atoms with E-state index in [9.17, 15) is 23.6 Å². The Labute approximate surface area is 211 Å². The number of rotatable bonds is 7. The van der Waals surface area contributed by atoms with Crippen molar-refractivity contribution in [1.29, 1.82) is 0 Å². The van der Waals surface area contributed by atoms with Crippen molar-refractivity contribution >= 4 is 46.7 Å². The lowest BCUT2D eigenvalue weighted by atomic mass is 9.81. The number of carbonyl (C=O) groups is 4. The average Bonchev–Trinajstić information content (AvgIpc) is 3.54. The SMILES string of the molecule is O=C(c1ccc(F)cc1)[C@H](CCCl)N(C(=O)c1ccc(Cl)cc1)N1C(=O)[C@H]2[C@H]3CC[C@@H](C3)[C@@H]2C1=O. The summed E-state index contributed by atoms with van der Waals surface area (Å²) in [5.41, 5.74) is 0.316. The first kappa shape index (κ1) is 23.9. The Balaban J connectivity index is 1.58. The third-order valence-electron chi connectivity index (χ3n) is 7.53. The molecule has 2 aromatic carbocycles. The topological polar surface area (TPSA) is 74.8 Å². The van der Waals surface area contributed by atoms with Crippen molar-refractivity contribution < 1.29 is 23.6 Å². The van der Waals surface area contributed by atoms with Crippen LogP contribution >= 0.6 is 23.2 Å². The van der Waals surface area contributed by atoms with E-state index >= 15 is 0 Å². The highest BCUT2D eigenvalue weighted by atomic mass is 35.5. The number of fused-ring (bicyclic) bond motifs is 5. The summed E-state index contributed by atoms with van der Waals surface area (Å²) in [6.07, 6.45) is 2.59. The van der Waals surface area contributed by atoms with E-state index in [4.69, 9.17) is 23.2 Å². The zero-order chi connectivity index (χ0) is 24.9. The van der Waals surface area contributed by atoms with Crippen LogP contribution in [0.2, 0.25) is 5.02 Å². The van der Waals surface area contributed by atoms with Gasteiger partial charge in [0.2, 0.25) is 0 Å². The summed E-state index contributed by atoms with van der Waals surface area (Å²) in [5, 5.41) is 2.29. The van der Waals surface area contributed by atoms with Gasteiger partial charge in [-0.05, 0) is 86.1 Å². The fraction of sp³-hybridized carbons (Fsp3) is 0.385. The highest BCUT2D eigenvalue weighted by Gasteiger charge is 2.63. The molecule has 35 heavy (non-hydrogen) atoms. The van der Waals surface area contributed by atoms with Gasteiger partial charge in [-0.3, -0.25) is 19.2 Å². The predicted octanol–water partition coefficient (Wildman–Crippen LogP) is 4.75. The minimum absolute atomic E-state index is 0.00363. The molecule has 1 aliphatic heterocycles. The van der Waals surface area contributed by atoms with E-state index in [1.807, 2.05) is 0 Å². The largest absolute Gasteiger partial charge is 0.292 e. The van der Waals surface area contributed by atoms with Gasteiger partial charge in [-0.25, -0.2) is 9.40 Å². The number of ketones is 1. The van der Waals surface area contributed by atoms with E-state index in [0.717, 1.165) is 41.4 Å². The van der Waals surface area contributed by atoms with Crippen LogP contribution in [0.5, 0.6) is 0 Å². The molecule has 5 atom stereocenters. The van der Waals surface area contributed by atoms with Gasteiger partial charge in [-0.2, -0.15) is 5.01 Å². The normalized spacial score (nSPS) is 25.6. The van der Waals surface area contributed by atoms with E-state index in [-0.39, 0.29) is 35.3 Å². The molecule has 2 bridgehead atoms. The van der Waals surface area contributed by atoms with Crippen LogP contribution in [0.3, 0.4) is 0 Å². The highest BCUT2D eigenvalue weighted by molar-refractivity contribution is 6.30. The van der Waals surface area contributed by atoms with E-state index in [1.165, 1.54) is 36.4 Å². The summed E-state index contributed by atoms with van der Waals surface area (Å²) in [4.78, 5) is 54.7. The molecule has 9 heteroatoms. The van der Waals surface area contributed by atoms with Gasteiger partial charge in [-0.15, -0.1) is 11.6 Å². The molecule has 1 saturated heterocycles. The predicted molar refractivity (Wildman–Crippen MR) is 127 cm³/mol. The summed E-state index contributed by atoms with van der Waals surface area (Å²) >= 11 is 12.0. The number of amides is 3. The molecule has 2 saturated carbocycles. The van der Waals surface area contributed by atoms with Crippen molar-refractivity contribution in [2.45, 2.75) is 31.7 Å². The van der Waals surface area contributed by atoms with Crippen LogP contribution in [-0.4, -0.2) is 45.4 Å². The molecule has 2 aliphatic carbocycles.